The summed E-state index contributed by atoms with van der Waals surface area (Å²) in [6, 6.07) is 9.05. The van der Waals surface area contributed by atoms with Gasteiger partial charge in [0.25, 0.3) is 0 Å². The lowest BCUT2D eigenvalue weighted by Crippen LogP contribution is -2.40. The summed E-state index contributed by atoms with van der Waals surface area (Å²) < 4.78 is 3.27. The molecule has 0 atom stereocenters. The van der Waals surface area contributed by atoms with Gasteiger partial charge in [-0.1, -0.05) is 13.0 Å². The van der Waals surface area contributed by atoms with Crippen LogP contribution >= 0.6 is 15.9 Å². The van der Waals surface area contributed by atoms with Gasteiger partial charge in [0.05, 0.1) is 12.2 Å². The maximum atomic E-state index is 12.2. The fourth-order valence-corrected chi connectivity index (χ4v) is 4.73. The number of nitrogens with zero attached hydrogens (tertiary/aromatic N) is 2. The molecule has 1 aromatic carbocycles. The summed E-state index contributed by atoms with van der Waals surface area (Å²) in [5.74, 6) is 0.879. The number of rotatable bonds is 4. The van der Waals surface area contributed by atoms with Gasteiger partial charge in [-0.05, 0) is 72.5 Å². The van der Waals surface area contributed by atoms with Gasteiger partial charge in [-0.25, -0.2) is 0 Å². The fourth-order valence-electron chi connectivity index (χ4n) is 4.13. The van der Waals surface area contributed by atoms with Gasteiger partial charge >= 0.3 is 0 Å². The Morgan fingerprint density at radius 2 is 1.75 bits per heavy atom. The van der Waals surface area contributed by atoms with Crippen molar-refractivity contribution in [3.05, 3.63) is 45.2 Å². The molecule has 4 heteroatoms. The van der Waals surface area contributed by atoms with Gasteiger partial charge in [0.2, 0.25) is 0 Å². The van der Waals surface area contributed by atoms with Crippen molar-refractivity contribution in [2.75, 3.05) is 0 Å². The highest BCUT2D eigenvalue weighted by molar-refractivity contribution is 9.10. The summed E-state index contributed by atoms with van der Waals surface area (Å²) in [5.41, 5.74) is 1.13. The van der Waals surface area contributed by atoms with Crippen LogP contribution in [0.3, 0.4) is 0 Å². The molecule has 3 nitrogen and oxygen atoms in total. The van der Waals surface area contributed by atoms with Gasteiger partial charge in [0.15, 0.2) is 5.43 Å². The average Bonchev–Trinajstić information content (AvgIpc) is 3.41. The van der Waals surface area contributed by atoms with E-state index in [2.05, 4.69) is 32.3 Å². The Hall–Kier alpha value is -1.13. The monoisotopic (exact) mass is 388 g/mol. The molecule has 2 aliphatic rings. The van der Waals surface area contributed by atoms with E-state index in [0.29, 0.717) is 6.04 Å². The summed E-state index contributed by atoms with van der Waals surface area (Å²) in [4.78, 5) is 14.9. The minimum atomic E-state index is 0.104. The molecule has 2 saturated carbocycles. The molecule has 0 radical (unpaired) electrons. The van der Waals surface area contributed by atoms with E-state index in [-0.39, 0.29) is 5.43 Å². The standard InChI is InChI=1S/C20H25BrN2O/c1-14-5-7-15(8-6-14)23(16-9-10-16)13-22-12-11-19(24)17-3-2-4-18(21)20(17)22/h2-4,11-12,14-16H,5-10,13H2,1H3. The largest absolute Gasteiger partial charge is 0.333 e. The molecular weight excluding hydrogens is 364 g/mol. The number of para-hydroxylation sites is 1. The van der Waals surface area contributed by atoms with Crippen LogP contribution in [-0.2, 0) is 6.67 Å². The first-order chi connectivity index (χ1) is 11.6. The van der Waals surface area contributed by atoms with Crippen molar-refractivity contribution in [2.24, 2.45) is 5.92 Å². The zero-order chi connectivity index (χ0) is 16.7. The number of benzene rings is 1. The van der Waals surface area contributed by atoms with Crippen molar-refractivity contribution >= 4 is 26.8 Å². The zero-order valence-corrected chi connectivity index (χ0v) is 15.8. The maximum absolute atomic E-state index is 12.2. The lowest BCUT2D eigenvalue weighted by Gasteiger charge is -2.37. The molecule has 0 bridgehead atoms. The summed E-state index contributed by atoms with van der Waals surface area (Å²) >= 11 is 3.65. The molecule has 24 heavy (non-hydrogen) atoms. The van der Waals surface area contributed by atoms with Crippen LogP contribution in [0.1, 0.15) is 45.4 Å². The molecule has 2 fully saturated rings. The van der Waals surface area contributed by atoms with Crippen LogP contribution in [0.15, 0.2) is 39.7 Å². The van der Waals surface area contributed by atoms with Gasteiger partial charge in [-0.15, -0.1) is 0 Å². The Morgan fingerprint density at radius 1 is 1.08 bits per heavy atom. The van der Waals surface area contributed by atoms with Gasteiger partial charge < -0.3 is 4.57 Å². The van der Waals surface area contributed by atoms with Gasteiger partial charge in [0, 0.05) is 34.2 Å². The first kappa shape index (κ1) is 16.3. The van der Waals surface area contributed by atoms with Gasteiger partial charge in [0.1, 0.15) is 0 Å². The van der Waals surface area contributed by atoms with Crippen molar-refractivity contribution in [2.45, 2.75) is 64.2 Å². The molecule has 0 amide bonds. The van der Waals surface area contributed by atoms with E-state index in [4.69, 9.17) is 0 Å². The molecule has 0 aliphatic heterocycles. The molecule has 1 heterocycles. The molecule has 0 unspecified atom stereocenters. The lowest BCUT2D eigenvalue weighted by atomic mass is 9.86. The van der Waals surface area contributed by atoms with E-state index in [1.807, 2.05) is 24.4 Å². The van der Waals surface area contributed by atoms with E-state index >= 15 is 0 Å². The summed E-state index contributed by atoms with van der Waals surface area (Å²) in [6.07, 6.45) is 9.95. The van der Waals surface area contributed by atoms with Crippen molar-refractivity contribution in [1.29, 1.82) is 0 Å². The number of aromatic nitrogens is 1. The van der Waals surface area contributed by atoms with Crippen LogP contribution in [0.25, 0.3) is 10.9 Å². The summed E-state index contributed by atoms with van der Waals surface area (Å²) in [6.45, 7) is 3.27. The molecule has 0 spiro atoms. The van der Waals surface area contributed by atoms with Crippen LogP contribution in [0.4, 0.5) is 0 Å². The van der Waals surface area contributed by atoms with Crippen LogP contribution < -0.4 is 5.43 Å². The van der Waals surface area contributed by atoms with Crippen molar-refractivity contribution < 1.29 is 0 Å². The van der Waals surface area contributed by atoms with E-state index < -0.39 is 0 Å². The second-order valence-electron chi connectivity index (χ2n) is 7.59. The third kappa shape index (κ3) is 3.18. The predicted octanol–water partition coefficient (Wildman–Crippen LogP) is 4.76. The Bertz CT molecular complexity index is 788. The first-order valence-corrected chi connectivity index (χ1v) is 9.96. The Labute approximate surface area is 151 Å². The van der Waals surface area contributed by atoms with Crippen molar-refractivity contribution in [3.63, 3.8) is 0 Å². The SMILES string of the molecule is CC1CCC(N(Cn2ccc(=O)c3cccc(Br)c32)C2CC2)CC1. The Morgan fingerprint density at radius 3 is 2.42 bits per heavy atom. The van der Waals surface area contributed by atoms with E-state index in [0.717, 1.165) is 34.0 Å². The van der Waals surface area contributed by atoms with Crippen molar-refractivity contribution in [3.8, 4) is 0 Å². The lowest BCUT2D eigenvalue weighted by molar-refractivity contribution is 0.0999. The minimum absolute atomic E-state index is 0.104. The predicted molar refractivity (Wildman–Crippen MR) is 102 cm³/mol. The third-order valence-electron chi connectivity index (χ3n) is 5.73. The zero-order valence-electron chi connectivity index (χ0n) is 14.2. The van der Waals surface area contributed by atoms with E-state index in [1.165, 1.54) is 38.5 Å². The number of hydrogen-bond acceptors (Lipinski definition) is 2. The minimum Gasteiger partial charge on any atom is -0.333 e. The molecule has 0 N–H and O–H groups in total. The van der Waals surface area contributed by atoms with Crippen LogP contribution in [0.5, 0.6) is 0 Å². The summed E-state index contributed by atoms with van der Waals surface area (Å²) in [5, 5.41) is 0.805. The van der Waals surface area contributed by atoms with Gasteiger partial charge in [-0.2, -0.15) is 0 Å². The highest BCUT2D eigenvalue weighted by atomic mass is 79.9. The Balaban J connectivity index is 1.67. The molecule has 4 rings (SSSR count). The summed E-state index contributed by atoms with van der Waals surface area (Å²) in [7, 11) is 0. The molecule has 128 valence electrons. The van der Waals surface area contributed by atoms with E-state index in [1.54, 1.807) is 6.07 Å². The van der Waals surface area contributed by atoms with Crippen LogP contribution in [0.2, 0.25) is 0 Å². The van der Waals surface area contributed by atoms with E-state index in [9.17, 15) is 4.79 Å². The number of halogens is 1. The first-order valence-electron chi connectivity index (χ1n) is 9.17. The molecular formula is C20H25BrN2O. The molecule has 2 aromatic rings. The number of fused-ring (bicyclic) bond motifs is 1. The second kappa shape index (κ2) is 6.64. The molecule has 2 aliphatic carbocycles. The number of hydrogen-bond donors (Lipinski definition) is 0. The molecule has 0 saturated heterocycles. The highest BCUT2D eigenvalue weighted by Crippen LogP contribution is 2.36. The second-order valence-corrected chi connectivity index (χ2v) is 8.44. The van der Waals surface area contributed by atoms with Crippen molar-refractivity contribution in [1.82, 2.24) is 9.47 Å². The molecule has 1 aromatic heterocycles. The average molecular weight is 389 g/mol. The highest BCUT2D eigenvalue weighted by Gasteiger charge is 2.35. The van der Waals surface area contributed by atoms with Crippen LogP contribution in [0, 0.1) is 5.92 Å². The van der Waals surface area contributed by atoms with Crippen LogP contribution in [-0.4, -0.2) is 21.6 Å². The normalized spacial score (nSPS) is 24.6. The Kier molecular flexibility index (Phi) is 4.52. The maximum Gasteiger partial charge on any atom is 0.189 e. The third-order valence-corrected chi connectivity index (χ3v) is 6.37. The quantitative estimate of drug-likeness (QED) is 0.753. The van der Waals surface area contributed by atoms with Gasteiger partial charge in [-0.3, -0.25) is 9.69 Å². The number of pyridine rings is 1. The fraction of sp³-hybridized carbons (Fsp3) is 0.550. The topological polar surface area (TPSA) is 25.2 Å². The smallest absolute Gasteiger partial charge is 0.189 e.